The highest BCUT2D eigenvalue weighted by atomic mass is 16.5. The Morgan fingerprint density at radius 3 is 2.67 bits per heavy atom. The number of nitrogens with zero attached hydrogens (tertiary/aromatic N) is 2. The maximum absolute atomic E-state index is 6.12. The largest absolute Gasteiger partial charge is 0.380 e. The summed E-state index contributed by atoms with van der Waals surface area (Å²) in [5.74, 6) is 0. The van der Waals surface area contributed by atoms with E-state index in [1.54, 1.807) is 7.11 Å². The van der Waals surface area contributed by atoms with Crippen LogP contribution in [0.4, 0.5) is 0 Å². The van der Waals surface area contributed by atoms with Gasteiger partial charge in [-0.15, -0.1) is 0 Å². The molecule has 1 aliphatic heterocycles. The van der Waals surface area contributed by atoms with Gasteiger partial charge in [-0.05, 0) is 40.2 Å². The molecule has 0 aromatic carbocycles. The molecule has 1 heterocycles. The van der Waals surface area contributed by atoms with Crippen LogP contribution in [0, 0.1) is 0 Å². The third-order valence-electron chi connectivity index (χ3n) is 4.86. The van der Waals surface area contributed by atoms with E-state index in [-0.39, 0.29) is 11.6 Å². The number of hydrogen-bond acceptors (Lipinski definition) is 4. The molecule has 2 aliphatic rings. The summed E-state index contributed by atoms with van der Waals surface area (Å²) in [6.07, 6.45) is 4.21. The normalized spacial score (nSPS) is 35.3. The number of likely N-dealkylation sites (N-methyl/N-ethyl adjacent to an activating group) is 1. The molecular weight excluding hydrogens is 226 g/mol. The van der Waals surface area contributed by atoms with Crippen molar-refractivity contribution < 1.29 is 4.74 Å². The number of methoxy groups -OCH3 is 1. The second-order valence-corrected chi connectivity index (χ2v) is 6.31. The quantitative estimate of drug-likeness (QED) is 0.766. The van der Waals surface area contributed by atoms with Crippen LogP contribution < -0.4 is 5.73 Å². The van der Waals surface area contributed by atoms with Gasteiger partial charge in [0.1, 0.15) is 0 Å². The van der Waals surface area contributed by atoms with Crippen molar-refractivity contribution in [2.75, 3.05) is 33.8 Å². The molecule has 1 saturated carbocycles. The van der Waals surface area contributed by atoms with Crippen LogP contribution in [0.1, 0.15) is 33.1 Å². The SMILES string of the molecule is COC(C)CN(C)C1(CN)CC(C)N(C2CC2)C1. The second-order valence-electron chi connectivity index (χ2n) is 6.31. The maximum Gasteiger partial charge on any atom is 0.0670 e. The molecule has 0 aromatic rings. The van der Waals surface area contributed by atoms with Gasteiger partial charge >= 0.3 is 0 Å². The van der Waals surface area contributed by atoms with E-state index in [4.69, 9.17) is 10.5 Å². The van der Waals surface area contributed by atoms with E-state index in [9.17, 15) is 0 Å². The van der Waals surface area contributed by atoms with E-state index in [1.807, 2.05) is 0 Å². The van der Waals surface area contributed by atoms with Crippen molar-refractivity contribution in [3.8, 4) is 0 Å². The molecule has 0 radical (unpaired) electrons. The Morgan fingerprint density at radius 2 is 2.17 bits per heavy atom. The van der Waals surface area contributed by atoms with Gasteiger partial charge in [-0.2, -0.15) is 0 Å². The minimum Gasteiger partial charge on any atom is -0.380 e. The van der Waals surface area contributed by atoms with Gasteiger partial charge in [0.25, 0.3) is 0 Å². The molecule has 18 heavy (non-hydrogen) atoms. The van der Waals surface area contributed by atoms with Gasteiger partial charge in [0, 0.05) is 44.4 Å². The molecule has 1 saturated heterocycles. The third-order valence-corrected chi connectivity index (χ3v) is 4.86. The molecule has 3 atom stereocenters. The summed E-state index contributed by atoms with van der Waals surface area (Å²) in [4.78, 5) is 5.10. The van der Waals surface area contributed by atoms with Crippen molar-refractivity contribution in [2.24, 2.45) is 5.73 Å². The first-order valence-corrected chi connectivity index (χ1v) is 7.22. The van der Waals surface area contributed by atoms with E-state index >= 15 is 0 Å². The molecule has 0 spiro atoms. The van der Waals surface area contributed by atoms with Crippen LogP contribution in [0.25, 0.3) is 0 Å². The molecule has 0 aromatic heterocycles. The van der Waals surface area contributed by atoms with Crippen molar-refractivity contribution >= 4 is 0 Å². The van der Waals surface area contributed by atoms with Crippen LogP contribution in [0.2, 0.25) is 0 Å². The fourth-order valence-corrected chi connectivity index (χ4v) is 3.36. The lowest BCUT2D eigenvalue weighted by molar-refractivity contribution is 0.0412. The van der Waals surface area contributed by atoms with Crippen LogP contribution in [-0.4, -0.2) is 67.3 Å². The Morgan fingerprint density at radius 1 is 1.50 bits per heavy atom. The number of rotatable bonds is 6. The number of nitrogens with two attached hydrogens (primary N) is 1. The van der Waals surface area contributed by atoms with Gasteiger partial charge in [0.2, 0.25) is 0 Å². The van der Waals surface area contributed by atoms with E-state index in [0.717, 1.165) is 25.7 Å². The van der Waals surface area contributed by atoms with E-state index in [2.05, 4.69) is 30.7 Å². The van der Waals surface area contributed by atoms with E-state index < -0.39 is 0 Å². The van der Waals surface area contributed by atoms with Crippen LogP contribution in [0.15, 0.2) is 0 Å². The van der Waals surface area contributed by atoms with Gasteiger partial charge in [-0.3, -0.25) is 9.80 Å². The molecule has 106 valence electrons. The lowest BCUT2D eigenvalue weighted by Crippen LogP contribution is -2.55. The summed E-state index contributed by atoms with van der Waals surface area (Å²) in [5.41, 5.74) is 6.27. The maximum atomic E-state index is 6.12. The van der Waals surface area contributed by atoms with Gasteiger partial charge in [0.05, 0.1) is 6.10 Å². The van der Waals surface area contributed by atoms with Gasteiger partial charge in [0.15, 0.2) is 0 Å². The van der Waals surface area contributed by atoms with Gasteiger partial charge in [-0.25, -0.2) is 0 Å². The third kappa shape index (κ3) is 2.72. The summed E-state index contributed by atoms with van der Waals surface area (Å²) in [6.45, 7) is 7.30. The molecule has 1 aliphatic carbocycles. The van der Waals surface area contributed by atoms with Crippen LogP contribution in [0.5, 0.6) is 0 Å². The van der Waals surface area contributed by atoms with Crippen molar-refractivity contribution in [2.45, 2.75) is 56.8 Å². The molecule has 2 N–H and O–H groups in total. The topological polar surface area (TPSA) is 41.7 Å². The number of ether oxygens (including phenoxy) is 1. The van der Waals surface area contributed by atoms with Crippen LogP contribution in [0.3, 0.4) is 0 Å². The Kier molecular flexibility index (Phi) is 4.32. The van der Waals surface area contributed by atoms with Crippen LogP contribution in [-0.2, 0) is 4.74 Å². The zero-order valence-electron chi connectivity index (χ0n) is 12.4. The molecule has 3 unspecified atom stereocenters. The smallest absolute Gasteiger partial charge is 0.0670 e. The fourth-order valence-electron chi connectivity index (χ4n) is 3.36. The summed E-state index contributed by atoms with van der Waals surface area (Å²) in [7, 11) is 3.98. The van der Waals surface area contributed by atoms with Gasteiger partial charge in [-0.1, -0.05) is 0 Å². The zero-order valence-corrected chi connectivity index (χ0v) is 12.4. The lowest BCUT2D eigenvalue weighted by Gasteiger charge is -2.39. The standard InChI is InChI=1S/C14H29N3O/c1-11-7-14(9-15,10-17(11)13-5-6-13)16(3)8-12(2)18-4/h11-13H,5-10,15H2,1-4H3. The highest BCUT2D eigenvalue weighted by Gasteiger charge is 2.48. The number of hydrogen-bond donors (Lipinski definition) is 1. The Labute approximate surface area is 111 Å². The zero-order chi connectivity index (χ0) is 13.3. The Balaban J connectivity index is 2.01. The molecule has 0 bridgehead atoms. The Bertz CT molecular complexity index is 282. The summed E-state index contributed by atoms with van der Waals surface area (Å²) < 4.78 is 5.39. The van der Waals surface area contributed by atoms with E-state index in [1.165, 1.54) is 19.3 Å². The fraction of sp³-hybridized carbons (Fsp3) is 1.00. The summed E-state index contributed by atoms with van der Waals surface area (Å²) in [5, 5.41) is 0. The second kappa shape index (κ2) is 5.45. The van der Waals surface area contributed by atoms with Crippen molar-refractivity contribution in [3.05, 3.63) is 0 Å². The average molecular weight is 255 g/mol. The molecule has 2 rings (SSSR count). The highest BCUT2D eigenvalue weighted by Crippen LogP contribution is 2.39. The molecular formula is C14H29N3O. The van der Waals surface area contributed by atoms with Gasteiger partial charge < -0.3 is 10.5 Å². The predicted octanol–water partition coefficient (Wildman–Crippen LogP) is 0.907. The molecule has 4 heteroatoms. The predicted molar refractivity (Wildman–Crippen MR) is 74.7 cm³/mol. The lowest BCUT2D eigenvalue weighted by atomic mass is 9.94. The van der Waals surface area contributed by atoms with Crippen molar-refractivity contribution in [3.63, 3.8) is 0 Å². The minimum absolute atomic E-state index is 0.148. The van der Waals surface area contributed by atoms with E-state index in [0.29, 0.717) is 6.04 Å². The summed E-state index contributed by atoms with van der Waals surface area (Å²) in [6, 6.07) is 1.50. The summed E-state index contributed by atoms with van der Waals surface area (Å²) >= 11 is 0. The average Bonchev–Trinajstić information content (AvgIpc) is 3.13. The molecule has 2 fully saturated rings. The van der Waals surface area contributed by atoms with Crippen molar-refractivity contribution in [1.29, 1.82) is 0 Å². The first kappa shape index (κ1) is 14.3. The molecule has 4 nitrogen and oxygen atoms in total. The minimum atomic E-state index is 0.148. The monoisotopic (exact) mass is 255 g/mol. The van der Waals surface area contributed by atoms with Crippen LogP contribution >= 0.6 is 0 Å². The first-order chi connectivity index (χ1) is 8.52. The highest BCUT2D eigenvalue weighted by molar-refractivity contribution is 5.06. The molecule has 0 amide bonds. The first-order valence-electron chi connectivity index (χ1n) is 7.22. The Hall–Kier alpha value is -0.160. The number of likely N-dealkylation sites (tertiary alicyclic amines) is 1. The van der Waals surface area contributed by atoms with Crippen molar-refractivity contribution in [1.82, 2.24) is 9.80 Å².